The Labute approximate surface area is 162 Å². The van der Waals surface area contributed by atoms with Gasteiger partial charge in [0.1, 0.15) is 6.61 Å². The molecule has 0 fully saturated rings. The Balaban J connectivity index is 1.71. The molecule has 6 heteroatoms. The zero-order valence-corrected chi connectivity index (χ0v) is 15.9. The van der Waals surface area contributed by atoms with E-state index in [1.54, 1.807) is 17.4 Å². The van der Waals surface area contributed by atoms with Crippen LogP contribution >= 0.6 is 11.3 Å². The first kappa shape index (κ1) is 17.8. The van der Waals surface area contributed by atoms with Gasteiger partial charge in [-0.3, -0.25) is 4.79 Å². The number of carbonyl (C=O) groups is 1. The van der Waals surface area contributed by atoms with Crippen LogP contribution in [0.25, 0.3) is 21.2 Å². The predicted molar refractivity (Wildman–Crippen MR) is 107 cm³/mol. The molecule has 3 aromatic rings. The molecule has 27 heavy (non-hydrogen) atoms. The van der Waals surface area contributed by atoms with Crippen LogP contribution in [0.1, 0.15) is 18.4 Å². The number of carbonyl (C=O) groups excluding carboxylic acids is 1. The van der Waals surface area contributed by atoms with Gasteiger partial charge in [-0.05, 0) is 29.1 Å². The number of hydrogen-bond acceptors (Lipinski definition) is 4. The molecular formula is C21H23N2O3S+. The molecule has 0 bridgehead atoms. The minimum Gasteiger partial charge on any atom is -0.504 e. The van der Waals surface area contributed by atoms with Gasteiger partial charge in [0.15, 0.2) is 11.5 Å². The molecule has 0 radical (unpaired) electrons. The molecule has 5 nitrogen and oxygen atoms in total. The quantitative estimate of drug-likeness (QED) is 0.727. The van der Waals surface area contributed by atoms with Gasteiger partial charge in [0, 0.05) is 40.6 Å². The average Bonchev–Trinajstić information content (AvgIpc) is 2.98. The van der Waals surface area contributed by atoms with E-state index >= 15 is 0 Å². The van der Waals surface area contributed by atoms with Gasteiger partial charge in [0.2, 0.25) is 5.91 Å². The first-order chi connectivity index (χ1) is 13.2. The van der Waals surface area contributed by atoms with Gasteiger partial charge in [0.25, 0.3) is 0 Å². The smallest absolute Gasteiger partial charge is 0.223 e. The van der Waals surface area contributed by atoms with Crippen molar-refractivity contribution in [2.45, 2.75) is 19.4 Å². The Morgan fingerprint density at radius 1 is 1.30 bits per heavy atom. The van der Waals surface area contributed by atoms with Crippen LogP contribution in [-0.4, -0.2) is 35.6 Å². The van der Waals surface area contributed by atoms with Crippen molar-refractivity contribution >= 4 is 27.3 Å². The lowest BCUT2D eigenvalue weighted by atomic mass is 10.0. The van der Waals surface area contributed by atoms with E-state index in [9.17, 15) is 9.90 Å². The third-order valence-electron chi connectivity index (χ3n) is 4.90. The average molecular weight is 383 g/mol. The van der Waals surface area contributed by atoms with Crippen molar-refractivity contribution in [3.63, 3.8) is 0 Å². The second-order valence-electron chi connectivity index (χ2n) is 6.75. The molecular weight excluding hydrogens is 360 g/mol. The number of benzene rings is 2. The van der Waals surface area contributed by atoms with Crippen LogP contribution in [0, 0.1) is 0 Å². The van der Waals surface area contributed by atoms with Gasteiger partial charge in [-0.25, -0.2) is 0 Å². The summed E-state index contributed by atoms with van der Waals surface area (Å²) in [5.41, 5.74) is 6.69. The number of aromatic hydroxyl groups is 1. The van der Waals surface area contributed by atoms with Crippen molar-refractivity contribution in [2.24, 2.45) is 0 Å². The summed E-state index contributed by atoms with van der Waals surface area (Å²) in [7, 11) is 0. The Morgan fingerprint density at radius 3 is 3.00 bits per heavy atom. The summed E-state index contributed by atoms with van der Waals surface area (Å²) in [4.78, 5) is 14.3. The topological polar surface area (TPSA) is 77.4 Å². The summed E-state index contributed by atoms with van der Waals surface area (Å²) < 4.78 is 6.98. The van der Waals surface area contributed by atoms with Crippen LogP contribution in [-0.2, 0) is 11.3 Å². The highest BCUT2D eigenvalue weighted by Crippen LogP contribution is 2.41. The van der Waals surface area contributed by atoms with Crippen molar-refractivity contribution < 1.29 is 20.4 Å². The monoisotopic (exact) mass is 383 g/mol. The Hall–Kier alpha value is -2.57. The number of amides is 1. The van der Waals surface area contributed by atoms with Crippen LogP contribution in [0.15, 0.2) is 41.8 Å². The lowest BCUT2D eigenvalue weighted by Crippen LogP contribution is -2.50. The van der Waals surface area contributed by atoms with E-state index in [1.807, 2.05) is 23.1 Å². The maximum Gasteiger partial charge on any atom is 0.223 e. The summed E-state index contributed by atoms with van der Waals surface area (Å²) in [6.07, 6.45) is 1.29. The van der Waals surface area contributed by atoms with Crippen molar-refractivity contribution in [2.75, 3.05) is 19.7 Å². The molecule has 0 saturated carbocycles. The summed E-state index contributed by atoms with van der Waals surface area (Å²) >= 11 is 1.69. The number of hydrogen-bond donors (Lipinski definition) is 2. The Kier molecular flexibility index (Phi) is 5.01. The molecule has 0 atom stereocenters. The molecule has 0 saturated heterocycles. The van der Waals surface area contributed by atoms with Crippen molar-refractivity contribution in [1.82, 2.24) is 4.90 Å². The first-order valence-corrected chi connectivity index (χ1v) is 10.1. The Bertz CT molecular complexity index is 983. The molecule has 4 rings (SSSR count). The largest absolute Gasteiger partial charge is 0.504 e. The highest BCUT2D eigenvalue weighted by molar-refractivity contribution is 7.17. The number of phenolic OH excluding ortho intramolecular Hbond substituents is 1. The minimum absolute atomic E-state index is 0.112. The fourth-order valence-corrected chi connectivity index (χ4v) is 4.47. The molecule has 1 amide bonds. The number of fused-ring (bicyclic) bond motifs is 2. The molecule has 2 aromatic carbocycles. The van der Waals surface area contributed by atoms with Crippen LogP contribution in [0.5, 0.6) is 11.5 Å². The standard InChI is InChI=1S/C21H22N2O3S/c22-7-3-6-20(25)23-8-9-26-21-15(12-23)10-14(11-18(21)24)17-13-27-19-5-2-1-4-16(17)19/h1-2,4-5,10-11,13,24H,3,6-9,12,22H2/p+1. The van der Waals surface area contributed by atoms with E-state index in [-0.39, 0.29) is 11.7 Å². The maximum atomic E-state index is 12.5. The second-order valence-corrected chi connectivity index (χ2v) is 7.66. The van der Waals surface area contributed by atoms with Gasteiger partial charge in [-0.2, -0.15) is 0 Å². The van der Waals surface area contributed by atoms with Gasteiger partial charge < -0.3 is 20.5 Å². The second kappa shape index (κ2) is 7.58. The van der Waals surface area contributed by atoms with Gasteiger partial charge in [-0.1, -0.05) is 18.2 Å². The summed E-state index contributed by atoms with van der Waals surface area (Å²) in [6, 6.07) is 12.0. The highest BCUT2D eigenvalue weighted by Gasteiger charge is 2.23. The van der Waals surface area contributed by atoms with Gasteiger partial charge >= 0.3 is 0 Å². The normalized spacial score (nSPS) is 13.9. The highest BCUT2D eigenvalue weighted by atomic mass is 32.1. The molecule has 140 valence electrons. The number of phenols is 1. The summed E-state index contributed by atoms with van der Waals surface area (Å²) in [6.45, 7) is 2.12. The van der Waals surface area contributed by atoms with E-state index in [1.165, 1.54) is 10.1 Å². The zero-order valence-electron chi connectivity index (χ0n) is 15.1. The number of ether oxygens (including phenoxy) is 1. The van der Waals surface area contributed by atoms with E-state index in [2.05, 4.69) is 23.2 Å². The SMILES string of the molecule is [NH3+]CCCC(=O)N1CCOc2c(O)cc(-c3csc4ccccc34)cc2C1. The zero-order chi connectivity index (χ0) is 18.8. The lowest BCUT2D eigenvalue weighted by Gasteiger charge is -2.19. The predicted octanol–water partition coefficient (Wildman–Crippen LogP) is 3.02. The minimum atomic E-state index is 0.112. The summed E-state index contributed by atoms with van der Waals surface area (Å²) in [5, 5.41) is 13.8. The van der Waals surface area contributed by atoms with Crippen LogP contribution in [0.4, 0.5) is 0 Å². The van der Waals surface area contributed by atoms with Gasteiger partial charge in [-0.15, -0.1) is 11.3 Å². The van der Waals surface area contributed by atoms with Crippen molar-refractivity contribution in [1.29, 1.82) is 0 Å². The molecule has 0 aliphatic carbocycles. The third-order valence-corrected chi connectivity index (χ3v) is 5.86. The van der Waals surface area contributed by atoms with Crippen LogP contribution < -0.4 is 10.5 Å². The van der Waals surface area contributed by atoms with E-state index in [0.29, 0.717) is 31.9 Å². The van der Waals surface area contributed by atoms with Crippen LogP contribution in [0.2, 0.25) is 0 Å². The van der Waals surface area contributed by atoms with Crippen molar-refractivity contribution in [3.8, 4) is 22.6 Å². The van der Waals surface area contributed by atoms with E-state index in [4.69, 9.17) is 4.74 Å². The fourth-order valence-electron chi connectivity index (χ4n) is 3.50. The molecule has 0 spiro atoms. The van der Waals surface area contributed by atoms with E-state index < -0.39 is 0 Å². The fraction of sp³-hybridized carbons (Fsp3) is 0.286. The molecule has 4 N–H and O–H groups in total. The number of rotatable bonds is 4. The molecule has 2 heterocycles. The van der Waals surface area contributed by atoms with Gasteiger partial charge in [0.05, 0.1) is 13.1 Å². The van der Waals surface area contributed by atoms with Crippen LogP contribution in [0.3, 0.4) is 0 Å². The number of thiophene rings is 1. The Morgan fingerprint density at radius 2 is 2.15 bits per heavy atom. The third kappa shape index (κ3) is 3.50. The molecule has 0 unspecified atom stereocenters. The molecule has 1 aliphatic heterocycles. The lowest BCUT2D eigenvalue weighted by molar-refractivity contribution is -0.368. The maximum absolute atomic E-state index is 12.5. The first-order valence-electron chi connectivity index (χ1n) is 9.19. The number of nitrogens with zero attached hydrogens (tertiary/aromatic N) is 1. The molecule has 1 aromatic heterocycles. The summed E-state index contributed by atoms with van der Waals surface area (Å²) in [5.74, 6) is 0.733. The van der Waals surface area contributed by atoms with E-state index in [0.717, 1.165) is 29.7 Å². The molecule has 1 aliphatic rings. The number of quaternary nitrogens is 1. The van der Waals surface area contributed by atoms with Crippen molar-refractivity contribution in [3.05, 3.63) is 47.3 Å².